The van der Waals surface area contributed by atoms with Crippen LogP contribution in [0.25, 0.3) is 0 Å². The van der Waals surface area contributed by atoms with Gasteiger partial charge in [0.1, 0.15) is 5.82 Å². The molecule has 0 unspecified atom stereocenters. The van der Waals surface area contributed by atoms with Crippen molar-refractivity contribution >= 4 is 18.3 Å². The first-order valence-corrected chi connectivity index (χ1v) is 3.28. The molecule has 0 amide bonds. The van der Waals surface area contributed by atoms with Crippen LogP contribution in [0.5, 0.6) is 0 Å². The van der Waals surface area contributed by atoms with Gasteiger partial charge >= 0.3 is 7.12 Å². The van der Waals surface area contributed by atoms with E-state index in [-0.39, 0.29) is 11.2 Å². The number of nitrogen functional groups attached to an aromatic ring is 1. The fourth-order valence-corrected chi connectivity index (χ4v) is 0.861. The van der Waals surface area contributed by atoms with E-state index in [1.165, 1.54) is 18.2 Å². The van der Waals surface area contributed by atoms with E-state index in [9.17, 15) is 4.39 Å². The van der Waals surface area contributed by atoms with Gasteiger partial charge in [0.25, 0.3) is 0 Å². The Morgan fingerprint density at radius 2 is 2.08 bits per heavy atom. The van der Waals surface area contributed by atoms with Crippen LogP contribution in [0.1, 0.15) is 0 Å². The Balaban J connectivity index is 3.14. The van der Waals surface area contributed by atoms with E-state index < -0.39 is 12.9 Å². The molecule has 5 N–H and O–H groups in total. The molecule has 0 aliphatic heterocycles. The Labute approximate surface area is 68.9 Å². The third-order valence-corrected chi connectivity index (χ3v) is 1.46. The summed E-state index contributed by atoms with van der Waals surface area (Å²) in [6, 6.07) is 4.12. The molecule has 6 heteroatoms. The quantitative estimate of drug-likeness (QED) is 0.255. The summed E-state index contributed by atoms with van der Waals surface area (Å²) in [5, 5.41) is 17.3. The van der Waals surface area contributed by atoms with Crippen LogP contribution < -0.4 is 16.7 Å². The molecule has 0 aliphatic rings. The largest absolute Gasteiger partial charge is 0.491 e. The molecule has 0 saturated heterocycles. The number of hydrogen-bond donors (Lipinski definition) is 4. The van der Waals surface area contributed by atoms with Crippen LogP contribution in [0.4, 0.5) is 10.1 Å². The molecule has 0 radical (unpaired) electrons. The van der Waals surface area contributed by atoms with Crippen molar-refractivity contribution in [2.45, 2.75) is 0 Å². The zero-order chi connectivity index (χ0) is 9.14. The van der Waals surface area contributed by atoms with Crippen LogP contribution in [0, 0.1) is 5.82 Å². The maximum atomic E-state index is 13.1. The van der Waals surface area contributed by atoms with E-state index in [0.29, 0.717) is 0 Å². The molecule has 1 aromatic carbocycles. The molecule has 12 heavy (non-hydrogen) atoms. The van der Waals surface area contributed by atoms with Gasteiger partial charge in [-0.2, -0.15) is 0 Å². The average Bonchev–Trinajstić information content (AvgIpc) is 2.04. The maximum Gasteiger partial charge on any atom is 0.491 e. The van der Waals surface area contributed by atoms with Gasteiger partial charge < -0.3 is 15.5 Å². The molecule has 0 heterocycles. The summed E-state index contributed by atoms with van der Waals surface area (Å²) in [6.45, 7) is 0. The van der Waals surface area contributed by atoms with E-state index in [2.05, 4.69) is 5.43 Å². The lowest BCUT2D eigenvalue weighted by molar-refractivity contribution is 0.423. The fraction of sp³-hybridized carbons (Fsp3) is 0. The molecule has 1 aromatic rings. The minimum Gasteiger partial charge on any atom is -0.423 e. The topological polar surface area (TPSA) is 78.5 Å². The number of rotatable bonds is 2. The summed E-state index contributed by atoms with van der Waals surface area (Å²) < 4.78 is 13.1. The molecule has 0 atom stereocenters. The lowest BCUT2D eigenvalue weighted by Gasteiger charge is -2.05. The Bertz CT molecular complexity index is 282. The van der Waals surface area contributed by atoms with Crippen LogP contribution in [-0.2, 0) is 0 Å². The predicted octanol–water partition coefficient (Wildman–Crippen LogP) is -1.21. The Hall–Kier alpha value is -1.11. The molecule has 64 valence electrons. The van der Waals surface area contributed by atoms with Gasteiger partial charge in [0.2, 0.25) is 0 Å². The normalized spacial score (nSPS) is 9.67. The fourth-order valence-electron chi connectivity index (χ4n) is 0.861. The van der Waals surface area contributed by atoms with E-state index >= 15 is 0 Å². The van der Waals surface area contributed by atoms with Crippen molar-refractivity contribution in [2.75, 3.05) is 5.43 Å². The number of anilines is 1. The minimum atomic E-state index is -1.82. The van der Waals surface area contributed by atoms with Gasteiger partial charge in [-0.3, -0.25) is 5.84 Å². The second-order valence-electron chi connectivity index (χ2n) is 2.23. The van der Waals surface area contributed by atoms with E-state index in [1.807, 2.05) is 0 Å². The summed E-state index contributed by atoms with van der Waals surface area (Å²) in [5.41, 5.74) is 1.92. The highest BCUT2D eigenvalue weighted by Gasteiger charge is 2.17. The first kappa shape index (κ1) is 8.99. The molecule has 0 aromatic heterocycles. The van der Waals surface area contributed by atoms with E-state index in [1.54, 1.807) is 0 Å². The second kappa shape index (κ2) is 3.53. The Morgan fingerprint density at radius 1 is 1.42 bits per heavy atom. The van der Waals surface area contributed by atoms with E-state index in [4.69, 9.17) is 15.9 Å². The summed E-state index contributed by atoms with van der Waals surface area (Å²) >= 11 is 0. The molecule has 0 saturated carbocycles. The molecule has 0 spiro atoms. The number of hydrazine groups is 1. The van der Waals surface area contributed by atoms with Gasteiger partial charge in [0, 0.05) is 5.46 Å². The standard InChI is InChI=1S/C6H8BFN2O2/c8-6-4(7(11)12)2-1-3-5(6)10-9/h1-3,10-12H,9H2. The van der Waals surface area contributed by atoms with Gasteiger partial charge in [-0.15, -0.1) is 0 Å². The first-order chi connectivity index (χ1) is 5.66. The number of nitrogens with two attached hydrogens (primary N) is 1. The van der Waals surface area contributed by atoms with Crippen molar-refractivity contribution < 1.29 is 14.4 Å². The van der Waals surface area contributed by atoms with Crippen molar-refractivity contribution in [3.63, 3.8) is 0 Å². The van der Waals surface area contributed by atoms with Gasteiger partial charge in [-0.1, -0.05) is 12.1 Å². The monoisotopic (exact) mass is 170 g/mol. The first-order valence-electron chi connectivity index (χ1n) is 3.28. The third kappa shape index (κ3) is 1.55. The van der Waals surface area contributed by atoms with Crippen LogP contribution in [0.15, 0.2) is 18.2 Å². The van der Waals surface area contributed by atoms with Crippen molar-refractivity contribution in [2.24, 2.45) is 5.84 Å². The Morgan fingerprint density at radius 3 is 2.58 bits per heavy atom. The zero-order valence-electron chi connectivity index (χ0n) is 6.16. The van der Waals surface area contributed by atoms with Crippen molar-refractivity contribution in [1.82, 2.24) is 0 Å². The summed E-state index contributed by atoms with van der Waals surface area (Å²) in [7, 11) is -1.82. The number of benzene rings is 1. The van der Waals surface area contributed by atoms with Crippen LogP contribution in [-0.4, -0.2) is 17.2 Å². The van der Waals surface area contributed by atoms with Gasteiger partial charge in [-0.05, 0) is 6.07 Å². The van der Waals surface area contributed by atoms with Gasteiger partial charge in [0.15, 0.2) is 0 Å². The molecule has 0 bridgehead atoms. The number of halogens is 1. The number of hydrogen-bond acceptors (Lipinski definition) is 4. The molecule has 0 aliphatic carbocycles. The maximum absolute atomic E-state index is 13.1. The lowest BCUT2D eigenvalue weighted by atomic mass is 9.79. The Kier molecular flexibility index (Phi) is 2.64. The molecular weight excluding hydrogens is 162 g/mol. The van der Waals surface area contributed by atoms with Gasteiger partial charge in [0.05, 0.1) is 5.69 Å². The minimum absolute atomic E-state index is 0.0283. The highest BCUT2D eigenvalue weighted by molar-refractivity contribution is 6.58. The highest BCUT2D eigenvalue weighted by atomic mass is 19.1. The number of nitrogens with one attached hydrogen (secondary N) is 1. The molecule has 1 rings (SSSR count). The summed E-state index contributed by atoms with van der Waals surface area (Å²) in [4.78, 5) is 0. The highest BCUT2D eigenvalue weighted by Crippen LogP contribution is 2.08. The van der Waals surface area contributed by atoms with Crippen LogP contribution in [0.2, 0.25) is 0 Å². The predicted molar refractivity (Wildman–Crippen MR) is 44.0 cm³/mol. The molecular formula is C6H8BFN2O2. The molecule has 0 fully saturated rings. The smallest absolute Gasteiger partial charge is 0.423 e. The summed E-state index contributed by atoms with van der Waals surface area (Å²) in [6.07, 6.45) is 0. The van der Waals surface area contributed by atoms with Crippen LogP contribution in [0.3, 0.4) is 0 Å². The average molecular weight is 170 g/mol. The van der Waals surface area contributed by atoms with Gasteiger partial charge in [-0.25, -0.2) is 4.39 Å². The summed E-state index contributed by atoms with van der Waals surface area (Å²) in [5.74, 6) is 4.21. The second-order valence-corrected chi connectivity index (χ2v) is 2.23. The van der Waals surface area contributed by atoms with E-state index in [0.717, 1.165) is 0 Å². The lowest BCUT2D eigenvalue weighted by Crippen LogP contribution is -2.33. The van der Waals surface area contributed by atoms with Crippen molar-refractivity contribution in [3.8, 4) is 0 Å². The van der Waals surface area contributed by atoms with Crippen molar-refractivity contribution in [1.29, 1.82) is 0 Å². The zero-order valence-corrected chi connectivity index (χ0v) is 6.16. The van der Waals surface area contributed by atoms with Crippen molar-refractivity contribution in [3.05, 3.63) is 24.0 Å². The molecule has 4 nitrogen and oxygen atoms in total. The SMILES string of the molecule is NNc1cccc(B(O)O)c1F. The third-order valence-electron chi connectivity index (χ3n) is 1.46. The van der Waals surface area contributed by atoms with Crippen LogP contribution >= 0.6 is 0 Å².